The number of amides is 1. The van der Waals surface area contributed by atoms with Crippen LogP contribution in [0.1, 0.15) is 29.8 Å². The van der Waals surface area contributed by atoms with Gasteiger partial charge in [0.25, 0.3) is 5.91 Å². The lowest BCUT2D eigenvalue weighted by Gasteiger charge is -2.15. The predicted molar refractivity (Wildman–Crippen MR) is 81.3 cm³/mol. The Morgan fingerprint density at radius 3 is 2.45 bits per heavy atom. The Balaban J connectivity index is 2.24. The summed E-state index contributed by atoms with van der Waals surface area (Å²) >= 11 is 0. The third-order valence-corrected chi connectivity index (χ3v) is 2.78. The molecule has 0 saturated carbocycles. The number of carbonyl (C=O) groups is 1. The first kappa shape index (κ1) is 14.1. The number of benzene rings is 2. The van der Waals surface area contributed by atoms with Crippen molar-refractivity contribution in [2.45, 2.75) is 26.9 Å². The maximum atomic E-state index is 12.2. The van der Waals surface area contributed by atoms with Crippen LogP contribution in [0.25, 0.3) is 0 Å². The van der Waals surface area contributed by atoms with Crippen LogP contribution in [-0.4, -0.2) is 12.0 Å². The van der Waals surface area contributed by atoms with E-state index >= 15 is 0 Å². The zero-order chi connectivity index (χ0) is 14.5. The molecule has 0 saturated heterocycles. The maximum Gasteiger partial charge on any atom is 0.255 e. The molecule has 2 aromatic carbocycles. The molecule has 2 aromatic rings. The largest absolute Gasteiger partial charge is 0.489 e. The second kappa shape index (κ2) is 6.24. The SMILES string of the molecule is Cc1ccc(OC(C)C)c(NC(=O)c2ccccc2)c1. The zero-order valence-corrected chi connectivity index (χ0v) is 12.0. The molecular weight excluding hydrogens is 250 g/mol. The highest BCUT2D eigenvalue weighted by molar-refractivity contribution is 6.05. The van der Waals surface area contributed by atoms with Crippen molar-refractivity contribution < 1.29 is 9.53 Å². The molecule has 2 rings (SSSR count). The number of rotatable bonds is 4. The van der Waals surface area contributed by atoms with E-state index in [2.05, 4.69) is 5.32 Å². The van der Waals surface area contributed by atoms with Gasteiger partial charge in [-0.15, -0.1) is 0 Å². The first-order valence-electron chi connectivity index (χ1n) is 6.70. The Morgan fingerprint density at radius 2 is 1.80 bits per heavy atom. The number of nitrogens with one attached hydrogen (secondary N) is 1. The third-order valence-electron chi connectivity index (χ3n) is 2.78. The van der Waals surface area contributed by atoms with Gasteiger partial charge in [-0.25, -0.2) is 0 Å². The monoisotopic (exact) mass is 269 g/mol. The van der Waals surface area contributed by atoms with E-state index in [9.17, 15) is 4.79 Å². The zero-order valence-electron chi connectivity index (χ0n) is 12.0. The second-order valence-electron chi connectivity index (χ2n) is 4.99. The molecule has 104 valence electrons. The highest BCUT2D eigenvalue weighted by atomic mass is 16.5. The molecule has 0 bridgehead atoms. The first-order chi connectivity index (χ1) is 9.56. The topological polar surface area (TPSA) is 38.3 Å². The van der Waals surface area contributed by atoms with Gasteiger partial charge in [-0.3, -0.25) is 4.79 Å². The number of hydrogen-bond acceptors (Lipinski definition) is 2. The number of anilines is 1. The van der Waals surface area contributed by atoms with E-state index in [-0.39, 0.29) is 12.0 Å². The Hall–Kier alpha value is -2.29. The van der Waals surface area contributed by atoms with Crippen LogP contribution in [0.2, 0.25) is 0 Å². The summed E-state index contributed by atoms with van der Waals surface area (Å²) in [6.45, 7) is 5.91. The summed E-state index contributed by atoms with van der Waals surface area (Å²) in [5.74, 6) is 0.555. The molecule has 0 radical (unpaired) electrons. The Labute approximate surface area is 119 Å². The van der Waals surface area contributed by atoms with Gasteiger partial charge in [0, 0.05) is 5.56 Å². The maximum absolute atomic E-state index is 12.2. The van der Waals surface area contributed by atoms with Crippen molar-refractivity contribution >= 4 is 11.6 Å². The van der Waals surface area contributed by atoms with Crippen molar-refractivity contribution in [3.63, 3.8) is 0 Å². The molecule has 0 aliphatic carbocycles. The fourth-order valence-electron chi connectivity index (χ4n) is 1.88. The van der Waals surface area contributed by atoms with Crippen LogP contribution in [0, 0.1) is 6.92 Å². The van der Waals surface area contributed by atoms with Crippen molar-refractivity contribution in [1.29, 1.82) is 0 Å². The molecule has 3 heteroatoms. The van der Waals surface area contributed by atoms with Crippen LogP contribution < -0.4 is 10.1 Å². The Kier molecular flexibility index (Phi) is 4.41. The van der Waals surface area contributed by atoms with E-state index in [1.165, 1.54) is 0 Å². The third kappa shape index (κ3) is 3.60. The van der Waals surface area contributed by atoms with Crippen molar-refractivity contribution in [1.82, 2.24) is 0 Å². The standard InChI is InChI=1S/C17H19NO2/c1-12(2)20-16-10-9-13(3)11-15(16)18-17(19)14-7-5-4-6-8-14/h4-12H,1-3H3,(H,18,19). The molecule has 0 aliphatic rings. The van der Waals surface area contributed by atoms with Crippen LogP contribution in [0.3, 0.4) is 0 Å². The summed E-state index contributed by atoms with van der Waals surface area (Å²) in [4.78, 5) is 12.2. The van der Waals surface area contributed by atoms with E-state index in [0.29, 0.717) is 17.0 Å². The van der Waals surface area contributed by atoms with Gasteiger partial charge in [-0.2, -0.15) is 0 Å². The molecule has 0 atom stereocenters. The van der Waals surface area contributed by atoms with Crippen molar-refractivity contribution in [3.8, 4) is 5.75 Å². The highest BCUT2D eigenvalue weighted by Gasteiger charge is 2.11. The summed E-state index contributed by atoms with van der Waals surface area (Å²) in [5, 5.41) is 2.91. The molecule has 1 amide bonds. The van der Waals surface area contributed by atoms with E-state index in [4.69, 9.17) is 4.74 Å². The lowest BCUT2D eigenvalue weighted by molar-refractivity contribution is 0.102. The van der Waals surface area contributed by atoms with Gasteiger partial charge >= 0.3 is 0 Å². The van der Waals surface area contributed by atoms with Crippen LogP contribution in [0.15, 0.2) is 48.5 Å². The molecule has 1 N–H and O–H groups in total. The predicted octanol–water partition coefficient (Wildman–Crippen LogP) is 4.03. The fraction of sp³-hybridized carbons (Fsp3) is 0.235. The quantitative estimate of drug-likeness (QED) is 0.909. The van der Waals surface area contributed by atoms with Crippen LogP contribution in [0.4, 0.5) is 5.69 Å². The highest BCUT2D eigenvalue weighted by Crippen LogP contribution is 2.27. The molecule has 0 unspecified atom stereocenters. The smallest absolute Gasteiger partial charge is 0.255 e. The average molecular weight is 269 g/mol. The molecule has 0 spiro atoms. The van der Waals surface area contributed by atoms with Gasteiger partial charge in [-0.1, -0.05) is 24.3 Å². The van der Waals surface area contributed by atoms with Gasteiger partial charge in [-0.05, 0) is 50.6 Å². The summed E-state index contributed by atoms with van der Waals surface area (Å²) in [6.07, 6.45) is 0.0603. The van der Waals surface area contributed by atoms with Gasteiger partial charge in [0.15, 0.2) is 0 Å². The van der Waals surface area contributed by atoms with E-state index < -0.39 is 0 Å². The Morgan fingerprint density at radius 1 is 1.10 bits per heavy atom. The summed E-state index contributed by atoms with van der Waals surface area (Å²) in [6, 6.07) is 14.9. The molecule has 20 heavy (non-hydrogen) atoms. The van der Waals surface area contributed by atoms with E-state index in [0.717, 1.165) is 5.56 Å². The van der Waals surface area contributed by atoms with Crippen LogP contribution in [-0.2, 0) is 0 Å². The van der Waals surface area contributed by atoms with Crippen molar-refractivity contribution in [2.24, 2.45) is 0 Å². The van der Waals surface area contributed by atoms with Gasteiger partial charge in [0.05, 0.1) is 11.8 Å². The van der Waals surface area contributed by atoms with Crippen molar-refractivity contribution in [2.75, 3.05) is 5.32 Å². The number of hydrogen-bond donors (Lipinski definition) is 1. The fourth-order valence-corrected chi connectivity index (χ4v) is 1.88. The molecule has 0 heterocycles. The minimum absolute atomic E-state index is 0.0603. The molecule has 0 fully saturated rings. The van der Waals surface area contributed by atoms with Crippen LogP contribution >= 0.6 is 0 Å². The molecule has 0 aromatic heterocycles. The second-order valence-corrected chi connectivity index (χ2v) is 4.99. The first-order valence-corrected chi connectivity index (χ1v) is 6.70. The summed E-state index contributed by atoms with van der Waals surface area (Å²) < 4.78 is 5.72. The van der Waals surface area contributed by atoms with Gasteiger partial charge in [0.1, 0.15) is 5.75 Å². The summed E-state index contributed by atoms with van der Waals surface area (Å²) in [5.41, 5.74) is 2.40. The molecular formula is C17H19NO2. The number of aryl methyl sites for hydroxylation is 1. The van der Waals surface area contributed by atoms with Crippen LogP contribution in [0.5, 0.6) is 5.75 Å². The number of ether oxygens (including phenoxy) is 1. The van der Waals surface area contributed by atoms with Gasteiger partial charge < -0.3 is 10.1 Å². The van der Waals surface area contributed by atoms with Gasteiger partial charge in [0.2, 0.25) is 0 Å². The lowest BCUT2D eigenvalue weighted by Crippen LogP contribution is -2.14. The normalized spacial score (nSPS) is 10.4. The van der Waals surface area contributed by atoms with E-state index in [1.807, 2.05) is 57.2 Å². The van der Waals surface area contributed by atoms with Crippen molar-refractivity contribution in [3.05, 3.63) is 59.7 Å². The minimum atomic E-state index is -0.134. The average Bonchev–Trinajstić information content (AvgIpc) is 2.42. The Bertz CT molecular complexity index is 591. The number of carbonyl (C=O) groups excluding carboxylic acids is 1. The minimum Gasteiger partial charge on any atom is -0.489 e. The molecule has 3 nitrogen and oxygen atoms in total. The van der Waals surface area contributed by atoms with E-state index in [1.54, 1.807) is 12.1 Å². The summed E-state index contributed by atoms with van der Waals surface area (Å²) in [7, 11) is 0. The lowest BCUT2D eigenvalue weighted by atomic mass is 10.1. The molecule has 0 aliphatic heterocycles.